The van der Waals surface area contributed by atoms with Crippen LogP contribution in [0.4, 0.5) is 0 Å². The fourth-order valence-corrected chi connectivity index (χ4v) is 1.13. The van der Waals surface area contributed by atoms with E-state index < -0.39 is 0 Å². The molecular weight excluding hydrogens is 196 g/mol. The molecule has 0 aliphatic rings. The maximum atomic E-state index is 10.4. The third kappa shape index (κ3) is 3.82. The Balaban J connectivity index is 0.000000165. The van der Waals surface area contributed by atoms with Crippen LogP contribution >= 0.6 is 11.5 Å². The molecule has 1 amide bonds. The highest BCUT2D eigenvalue weighted by Crippen LogP contribution is 1.94. The van der Waals surface area contributed by atoms with Crippen molar-refractivity contribution >= 4 is 17.4 Å². The number of hydrogen-bond acceptors (Lipinski definition) is 3. The van der Waals surface area contributed by atoms with Crippen molar-refractivity contribution in [1.82, 2.24) is 4.37 Å². The van der Waals surface area contributed by atoms with E-state index in [1.807, 2.05) is 17.5 Å². The van der Waals surface area contributed by atoms with Gasteiger partial charge in [-0.15, -0.1) is 0 Å². The van der Waals surface area contributed by atoms with Crippen LogP contribution in [0.5, 0.6) is 0 Å². The van der Waals surface area contributed by atoms with Crippen molar-refractivity contribution < 1.29 is 4.79 Å². The Morgan fingerprint density at radius 1 is 1.21 bits per heavy atom. The van der Waals surface area contributed by atoms with Crippen LogP contribution in [-0.4, -0.2) is 10.3 Å². The molecule has 1 aromatic heterocycles. The van der Waals surface area contributed by atoms with E-state index >= 15 is 0 Å². The standard InChI is InChI=1S/C7H7NO.C3H3NS/c8-7(9)6-4-2-1-3-5-6;1-2-4-5-3-1/h1-5H,(H2,8,9);1-3H. The minimum atomic E-state index is -0.379. The highest BCUT2D eigenvalue weighted by molar-refractivity contribution is 7.03. The highest BCUT2D eigenvalue weighted by atomic mass is 32.1. The molecule has 0 fully saturated rings. The summed E-state index contributed by atoms with van der Waals surface area (Å²) in [5.41, 5.74) is 5.53. The van der Waals surface area contributed by atoms with Crippen molar-refractivity contribution in [2.75, 3.05) is 0 Å². The van der Waals surface area contributed by atoms with E-state index in [2.05, 4.69) is 4.37 Å². The normalized spacial score (nSPS) is 8.57. The average Bonchev–Trinajstić information content (AvgIpc) is 2.77. The molecule has 2 aromatic rings. The first-order valence-electron chi connectivity index (χ1n) is 4.00. The monoisotopic (exact) mass is 206 g/mol. The maximum absolute atomic E-state index is 10.4. The zero-order valence-corrected chi connectivity index (χ0v) is 8.28. The van der Waals surface area contributed by atoms with Crippen molar-refractivity contribution in [2.45, 2.75) is 0 Å². The summed E-state index contributed by atoms with van der Waals surface area (Å²) in [6.45, 7) is 0. The Morgan fingerprint density at radius 3 is 2.21 bits per heavy atom. The Hall–Kier alpha value is -1.68. The first-order valence-corrected chi connectivity index (χ1v) is 4.83. The van der Waals surface area contributed by atoms with Gasteiger partial charge < -0.3 is 5.73 Å². The quantitative estimate of drug-likeness (QED) is 0.775. The summed E-state index contributed by atoms with van der Waals surface area (Å²) in [6.07, 6.45) is 1.77. The molecule has 0 bridgehead atoms. The van der Waals surface area contributed by atoms with Gasteiger partial charge in [-0.25, -0.2) is 4.37 Å². The summed E-state index contributed by atoms with van der Waals surface area (Å²) in [4.78, 5) is 10.4. The van der Waals surface area contributed by atoms with Crippen molar-refractivity contribution in [3.63, 3.8) is 0 Å². The molecule has 0 radical (unpaired) electrons. The first-order chi connectivity index (χ1) is 6.80. The van der Waals surface area contributed by atoms with Crippen LogP contribution in [0.3, 0.4) is 0 Å². The largest absolute Gasteiger partial charge is 0.366 e. The van der Waals surface area contributed by atoms with Gasteiger partial charge in [0.05, 0.1) is 0 Å². The van der Waals surface area contributed by atoms with Crippen LogP contribution in [0.15, 0.2) is 48.0 Å². The minimum Gasteiger partial charge on any atom is -0.366 e. The molecule has 2 rings (SSSR count). The number of rotatable bonds is 1. The molecule has 2 N–H and O–H groups in total. The number of aromatic nitrogens is 1. The number of carbonyl (C=O) groups excluding carboxylic acids is 1. The molecule has 0 unspecified atom stereocenters. The molecule has 14 heavy (non-hydrogen) atoms. The van der Waals surface area contributed by atoms with Gasteiger partial charge in [-0.1, -0.05) is 18.2 Å². The second kappa shape index (κ2) is 5.88. The zero-order chi connectivity index (χ0) is 10.2. The van der Waals surface area contributed by atoms with Crippen molar-refractivity contribution in [3.8, 4) is 0 Å². The summed E-state index contributed by atoms with van der Waals surface area (Å²) >= 11 is 1.46. The van der Waals surface area contributed by atoms with Crippen LogP contribution in [0.1, 0.15) is 10.4 Å². The predicted molar refractivity (Wildman–Crippen MR) is 57.1 cm³/mol. The zero-order valence-electron chi connectivity index (χ0n) is 7.46. The lowest BCUT2D eigenvalue weighted by molar-refractivity contribution is 0.100. The number of nitrogens with zero attached hydrogens (tertiary/aromatic N) is 1. The van der Waals surface area contributed by atoms with Crippen molar-refractivity contribution in [1.29, 1.82) is 0 Å². The maximum Gasteiger partial charge on any atom is 0.248 e. The van der Waals surface area contributed by atoms with E-state index in [9.17, 15) is 4.79 Å². The van der Waals surface area contributed by atoms with Gasteiger partial charge in [0.25, 0.3) is 0 Å². The molecule has 72 valence electrons. The van der Waals surface area contributed by atoms with E-state index in [4.69, 9.17) is 5.73 Å². The van der Waals surface area contributed by atoms with E-state index in [1.54, 1.807) is 30.5 Å². The van der Waals surface area contributed by atoms with E-state index in [0.29, 0.717) is 5.56 Å². The Labute approximate surface area is 86.4 Å². The third-order valence-electron chi connectivity index (χ3n) is 1.41. The number of primary amides is 1. The molecule has 3 nitrogen and oxygen atoms in total. The van der Waals surface area contributed by atoms with Crippen LogP contribution in [0.2, 0.25) is 0 Å². The molecule has 0 saturated heterocycles. The molecular formula is C10H10N2OS. The Kier molecular flexibility index (Phi) is 4.37. The molecule has 0 aliphatic heterocycles. The second-order valence-corrected chi connectivity index (χ2v) is 3.11. The van der Waals surface area contributed by atoms with Gasteiger partial charge in [-0.2, -0.15) is 0 Å². The molecule has 1 heterocycles. The fourth-order valence-electron chi connectivity index (χ4n) is 0.778. The lowest BCUT2D eigenvalue weighted by atomic mass is 10.2. The van der Waals surface area contributed by atoms with Crippen LogP contribution in [0.25, 0.3) is 0 Å². The van der Waals surface area contributed by atoms with Crippen LogP contribution in [-0.2, 0) is 0 Å². The number of nitrogens with two attached hydrogens (primary N) is 1. The lowest BCUT2D eigenvalue weighted by Crippen LogP contribution is -2.09. The molecule has 0 atom stereocenters. The van der Waals surface area contributed by atoms with Gasteiger partial charge in [0.2, 0.25) is 5.91 Å². The summed E-state index contributed by atoms with van der Waals surface area (Å²) < 4.78 is 3.76. The Morgan fingerprint density at radius 2 is 1.93 bits per heavy atom. The van der Waals surface area contributed by atoms with Gasteiger partial charge >= 0.3 is 0 Å². The number of carbonyl (C=O) groups is 1. The van der Waals surface area contributed by atoms with Gasteiger partial charge in [0.1, 0.15) is 0 Å². The number of benzene rings is 1. The van der Waals surface area contributed by atoms with Gasteiger partial charge in [-0.3, -0.25) is 4.79 Å². The number of amides is 1. The molecule has 4 heteroatoms. The smallest absolute Gasteiger partial charge is 0.248 e. The van der Waals surface area contributed by atoms with E-state index in [0.717, 1.165) is 0 Å². The highest BCUT2D eigenvalue weighted by Gasteiger charge is 1.93. The second-order valence-electron chi connectivity index (χ2n) is 2.42. The lowest BCUT2D eigenvalue weighted by Gasteiger charge is -1.89. The first kappa shape index (κ1) is 10.4. The van der Waals surface area contributed by atoms with Crippen LogP contribution in [0, 0.1) is 0 Å². The van der Waals surface area contributed by atoms with Gasteiger partial charge in [0, 0.05) is 17.1 Å². The SMILES string of the molecule is NC(=O)c1ccccc1.c1cnsc1. The van der Waals surface area contributed by atoms with E-state index in [1.165, 1.54) is 11.5 Å². The van der Waals surface area contributed by atoms with Gasteiger partial charge in [0.15, 0.2) is 0 Å². The van der Waals surface area contributed by atoms with Crippen LogP contribution < -0.4 is 5.73 Å². The fraction of sp³-hybridized carbons (Fsp3) is 0. The van der Waals surface area contributed by atoms with E-state index in [-0.39, 0.29) is 5.91 Å². The summed E-state index contributed by atoms with van der Waals surface area (Å²) in [7, 11) is 0. The predicted octanol–water partition coefficient (Wildman–Crippen LogP) is 1.93. The molecule has 1 aromatic carbocycles. The summed E-state index contributed by atoms with van der Waals surface area (Å²) in [5.74, 6) is -0.379. The molecule has 0 aliphatic carbocycles. The summed E-state index contributed by atoms with van der Waals surface area (Å²) in [5, 5.41) is 1.93. The molecule has 0 saturated carbocycles. The molecule has 0 spiro atoms. The Bertz CT molecular complexity index is 342. The van der Waals surface area contributed by atoms with Crippen molar-refractivity contribution in [3.05, 3.63) is 53.5 Å². The van der Waals surface area contributed by atoms with Gasteiger partial charge in [-0.05, 0) is 29.7 Å². The average molecular weight is 206 g/mol. The summed E-state index contributed by atoms with van der Waals surface area (Å²) in [6, 6.07) is 10.7. The topological polar surface area (TPSA) is 56.0 Å². The third-order valence-corrected chi connectivity index (χ3v) is 1.93. The number of hydrogen-bond donors (Lipinski definition) is 1. The minimum absolute atomic E-state index is 0.379. The van der Waals surface area contributed by atoms with Crippen molar-refractivity contribution in [2.24, 2.45) is 5.73 Å².